The SMILES string of the molecule is CN(C)CC(CNC(=O)C1CC(O)CN1C(=O)[C@@H](n1cc(C2CC2)nn1)C(C)(C)C)c1ccc(Cl)cc1. The van der Waals surface area contributed by atoms with Crippen molar-refractivity contribution in [1.29, 1.82) is 0 Å². The average molecular weight is 531 g/mol. The number of aliphatic hydroxyl groups is 1. The summed E-state index contributed by atoms with van der Waals surface area (Å²) < 4.78 is 1.64. The zero-order valence-electron chi connectivity index (χ0n) is 22.4. The van der Waals surface area contributed by atoms with Gasteiger partial charge >= 0.3 is 0 Å². The first-order chi connectivity index (χ1) is 17.4. The smallest absolute Gasteiger partial charge is 0.248 e. The lowest BCUT2D eigenvalue weighted by atomic mass is 9.85. The predicted octanol–water partition coefficient (Wildman–Crippen LogP) is 2.82. The van der Waals surface area contributed by atoms with E-state index in [4.69, 9.17) is 11.6 Å². The highest BCUT2D eigenvalue weighted by Gasteiger charge is 2.45. The van der Waals surface area contributed by atoms with Crippen molar-refractivity contribution < 1.29 is 14.7 Å². The van der Waals surface area contributed by atoms with E-state index in [1.165, 1.54) is 4.90 Å². The molecule has 0 bridgehead atoms. The monoisotopic (exact) mass is 530 g/mol. The molecule has 4 atom stereocenters. The highest BCUT2D eigenvalue weighted by Crippen LogP contribution is 2.40. The van der Waals surface area contributed by atoms with Gasteiger partial charge in [0.2, 0.25) is 11.8 Å². The molecule has 1 aromatic carbocycles. The number of benzene rings is 1. The number of hydrogen-bond donors (Lipinski definition) is 2. The van der Waals surface area contributed by atoms with E-state index in [1.807, 2.05) is 65.3 Å². The van der Waals surface area contributed by atoms with Gasteiger partial charge in [-0.1, -0.05) is 49.7 Å². The van der Waals surface area contributed by atoms with Gasteiger partial charge in [0, 0.05) is 49.1 Å². The highest BCUT2D eigenvalue weighted by molar-refractivity contribution is 6.30. The van der Waals surface area contributed by atoms with Crippen molar-refractivity contribution in [1.82, 2.24) is 30.1 Å². The summed E-state index contributed by atoms with van der Waals surface area (Å²) in [7, 11) is 3.98. The maximum Gasteiger partial charge on any atom is 0.248 e. The number of likely N-dealkylation sites (tertiary alicyclic amines) is 1. The fourth-order valence-electron chi connectivity index (χ4n) is 5.13. The summed E-state index contributed by atoms with van der Waals surface area (Å²) in [4.78, 5) is 30.9. The van der Waals surface area contributed by atoms with Crippen LogP contribution >= 0.6 is 11.6 Å². The lowest BCUT2D eigenvalue weighted by Gasteiger charge is -2.34. The highest BCUT2D eigenvalue weighted by atomic mass is 35.5. The predicted molar refractivity (Wildman–Crippen MR) is 142 cm³/mol. The number of halogens is 1. The summed E-state index contributed by atoms with van der Waals surface area (Å²) in [6.45, 7) is 7.20. The molecule has 1 saturated carbocycles. The van der Waals surface area contributed by atoms with Gasteiger partial charge in [0.05, 0.1) is 11.8 Å². The number of carbonyl (C=O) groups excluding carboxylic acids is 2. The molecule has 0 spiro atoms. The Balaban J connectivity index is 1.49. The summed E-state index contributed by atoms with van der Waals surface area (Å²) in [5.41, 5.74) is 1.51. The Morgan fingerprint density at radius 3 is 2.49 bits per heavy atom. The van der Waals surface area contributed by atoms with Gasteiger partial charge in [-0.15, -0.1) is 5.10 Å². The average Bonchev–Trinajstić information content (AvgIpc) is 3.43. The van der Waals surface area contributed by atoms with E-state index in [2.05, 4.69) is 20.5 Å². The van der Waals surface area contributed by atoms with Crippen LogP contribution in [0.1, 0.15) is 69.2 Å². The molecular formula is C27H39ClN6O3. The van der Waals surface area contributed by atoms with Gasteiger partial charge in [0.15, 0.2) is 0 Å². The van der Waals surface area contributed by atoms with E-state index in [0.29, 0.717) is 17.5 Å². The molecule has 1 aliphatic carbocycles. The van der Waals surface area contributed by atoms with E-state index in [0.717, 1.165) is 30.6 Å². The number of nitrogens with zero attached hydrogens (tertiary/aromatic N) is 5. The largest absolute Gasteiger partial charge is 0.391 e. The third-order valence-corrected chi connectivity index (χ3v) is 7.41. The van der Waals surface area contributed by atoms with Crippen molar-refractivity contribution in [2.24, 2.45) is 5.41 Å². The van der Waals surface area contributed by atoms with E-state index < -0.39 is 23.6 Å². The number of nitrogens with one attached hydrogen (secondary N) is 1. The van der Waals surface area contributed by atoms with Crippen molar-refractivity contribution in [3.05, 3.63) is 46.7 Å². The van der Waals surface area contributed by atoms with Crippen LogP contribution < -0.4 is 5.32 Å². The molecule has 2 N–H and O–H groups in total. The van der Waals surface area contributed by atoms with Crippen LogP contribution in [0.25, 0.3) is 0 Å². The second kappa shape index (κ2) is 11.1. The van der Waals surface area contributed by atoms with Crippen LogP contribution in [0.3, 0.4) is 0 Å². The number of amides is 2. The molecule has 10 heteroatoms. The van der Waals surface area contributed by atoms with Gasteiger partial charge in [-0.3, -0.25) is 9.59 Å². The molecule has 2 aromatic rings. The minimum atomic E-state index is -0.757. The molecule has 9 nitrogen and oxygen atoms in total. The second-order valence-electron chi connectivity index (χ2n) is 11.8. The molecule has 2 heterocycles. The number of β-amino-alcohol motifs (C(OH)–C–C–N with tert-alkyl or cyclic N) is 1. The number of likely N-dealkylation sites (N-methyl/N-ethyl adjacent to an activating group) is 1. The molecular weight excluding hydrogens is 492 g/mol. The minimum absolute atomic E-state index is 0.0463. The van der Waals surface area contributed by atoms with Gasteiger partial charge in [-0.25, -0.2) is 4.68 Å². The zero-order chi connectivity index (χ0) is 26.9. The third-order valence-electron chi connectivity index (χ3n) is 7.16. The van der Waals surface area contributed by atoms with Gasteiger partial charge < -0.3 is 20.2 Å². The van der Waals surface area contributed by atoms with Crippen molar-refractivity contribution in [2.75, 3.05) is 33.7 Å². The topological polar surface area (TPSA) is 104 Å². The lowest BCUT2D eigenvalue weighted by Crippen LogP contribution is -2.51. The molecule has 3 unspecified atom stereocenters. The van der Waals surface area contributed by atoms with Crippen LogP contribution in [-0.2, 0) is 9.59 Å². The molecule has 202 valence electrons. The molecule has 2 fully saturated rings. The van der Waals surface area contributed by atoms with Crippen LogP contribution in [0.4, 0.5) is 0 Å². The molecule has 1 aliphatic heterocycles. The van der Waals surface area contributed by atoms with Crippen LogP contribution in [0.2, 0.25) is 5.02 Å². The van der Waals surface area contributed by atoms with E-state index in [-0.39, 0.29) is 30.7 Å². The molecule has 37 heavy (non-hydrogen) atoms. The zero-order valence-corrected chi connectivity index (χ0v) is 23.1. The fourth-order valence-corrected chi connectivity index (χ4v) is 5.26. The Morgan fingerprint density at radius 1 is 1.22 bits per heavy atom. The van der Waals surface area contributed by atoms with Gasteiger partial charge in [-0.05, 0) is 50.0 Å². The maximum absolute atomic E-state index is 13.9. The molecule has 0 radical (unpaired) electrons. The Hall–Kier alpha value is -2.49. The Bertz CT molecular complexity index is 1090. The lowest BCUT2D eigenvalue weighted by molar-refractivity contribution is -0.144. The Kier molecular flexibility index (Phi) is 8.26. The van der Waals surface area contributed by atoms with Gasteiger partial charge in [0.1, 0.15) is 12.1 Å². The van der Waals surface area contributed by atoms with Crippen LogP contribution in [0.15, 0.2) is 30.5 Å². The van der Waals surface area contributed by atoms with Crippen molar-refractivity contribution in [3.63, 3.8) is 0 Å². The van der Waals surface area contributed by atoms with E-state index >= 15 is 0 Å². The minimum Gasteiger partial charge on any atom is -0.391 e. The number of aliphatic hydroxyl groups excluding tert-OH is 1. The Morgan fingerprint density at radius 2 is 1.89 bits per heavy atom. The number of aromatic nitrogens is 3. The summed E-state index contributed by atoms with van der Waals surface area (Å²) in [5.74, 6) is -0.0103. The molecule has 1 saturated heterocycles. The van der Waals surface area contributed by atoms with Gasteiger partial charge in [-0.2, -0.15) is 0 Å². The molecule has 1 aromatic heterocycles. The quantitative estimate of drug-likeness (QED) is 0.516. The van der Waals surface area contributed by atoms with E-state index in [1.54, 1.807) is 4.68 Å². The molecule has 2 amide bonds. The fraction of sp³-hybridized carbons (Fsp3) is 0.630. The van der Waals surface area contributed by atoms with E-state index in [9.17, 15) is 14.7 Å². The van der Waals surface area contributed by atoms with Crippen LogP contribution in [-0.4, -0.2) is 87.6 Å². The summed E-state index contributed by atoms with van der Waals surface area (Å²) in [6.07, 6.45) is 3.51. The Labute approximate surface area is 224 Å². The first-order valence-corrected chi connectivity index (χ1v) is 13.4. The second-order valence-corrected chi connectivity index (χ2v) is 12.3. The van der Waals surface area contributed by atoms with Crippen molar-refractivity contribution in [3.8, 4) is 0 Å². The van der Waals surface area contributed by atoms with Crippen LogP contribution in [0, 0.1) is 5.41 Å². The molecule has 2 aliphatic rings. The number of rotatable bonds is 9. The number of hydrogen-bond acceptors (Lipinski definition) is 6. The first-order valence-electron chi connectivity index (χ1n) is 13.0. The van der Waals surface area contributed by atoms with Crippen molar-refractivity contribution in [2.45, 2.75) is 70.1 Å². The van der Waals surface area contributed by atoms with Crippen molar-refractivity contribution >= 4 is 23.4 Å². The summed E-state index contributed by atoms with van der Waals surface area (Å²) in [6, 6.07) is 6.26. The first kappa shape index (κ1) is 27.5. The maximum atomic E-state index is 13.9. The summed E-state index contributed by atoms with van der Waals surface area (Å²) in [5, 5.41) is 22.8. The normalized spacial score (nSPS) is 21.8. The standard InChI is InChI=1S/C27H39ClN6O3/c1-27(2,3)24(34-16-22(30-31-34)18-6-7-18)26(37)33-15-21(35)12-23(33)25(36)29-13-19(14-32(4)5)17-8-10-20(28)11-9-17/h8-11,16,18-19,21,23-24,35H,6-7,12-15H2,1-5H3,(H,29,36)/t19?,21?,23?,24-/m1/s1. The van der Waals surface area contributed by atoms with Gasteiger partial charge in [0.25, 0.3) is 0 Å². The van der Waals surface area contributed by atoms with Crippen LogP contribution in [0.5, 0.6) is 0 Å². The third kappa shape index (κ3) is 6.69. The summed E-state index contributed by atoms with van der Waals surface area (Å²) >= 11 is 6.07. The number of carbonyl (C=O) groups is 2. The molecule has 4 rings (SSSR count).